The monoisotopic (exact) mass is 300 g/mol. The molecule has 0 spiro atoms. The maximum absolute atomic E-state index is 12.1. The average Bonchev–Trinajstić information content (AvgIpc) is 2.96. The van der Waals surface area contributed by atoms with Crippen LogP contribution in [0.4, 0.5) is 0 Å². The highest BCUT2D eigenvalue weighted by Crippen LogP contribution is 2.14. The van der Waals surface area contributed by atoms with E-state index in [1.54, 1.807) is 18.2 Å². The number of hydrogen-bond acceptors (Lipinski definition) is 3. The van der Waals surface area contributed by atoms with E-state index in [1.807, 2.05) is 24.3 Å². The van der Waals surface area contributed by atoms with Gasteiger partial charge in [-0.3, -0.25) is 4.79 Å². The molecule has 3 rings (SSSR count). The zero-order valence-electron chi connectivity index (χ0n) is 11.2. The molecule has 1 N–H and O–H groups in total. The van der Waals surface area contributed by atoms with Crippen molar-refractivity contribution >= 4 is 28.6 Å². The Bertz CT molecular complexity index is 765. The van der Waals surface area contributed by atoms with Gasteiger partial charge in [0.15, 0.2) is 12.0 Å². The van der Waals surface area contributed by atoms with Crippen molar-refractivity contribution < 1.29 is 9.21 Å². The molecule has 1 amide bonds. The minimum atomic E-state index is -0.123. The molecule has 3 aromatic rings. The molecule has 5 heteroatoms. The van der Waals surface area contributed by atoms with Crippen LogP contribution in [-0.4, -0.2) is 17.4 Å². The molecule has 0 saturated carbocycles. The van der Waals surface area contributed by atoms with Crippen LogP contribution in [0.5, 0.6) is 0 Å². The molecule has 0 atom stereocenters. The van der Waals surface area contributed by atoms with Crippen molar-refractivity contribution in [2.24, 2.45) is 0 Å². The molecule has 1 aromatic heterocycles. The lowest BCUT2D eigenvalue weighted by Gasteiger charge is -2.05. The average molecular weight is 301 g/mol. The van der Waals surface area contributed by atoms with Crippen LogP contribution in [-0.2, 0) is 6.42 Å². The molecule has 0 saturated heterocycles. The van der Waals surface area contributed by atoms with Crippen LogP contribution in [0.2, 0.25) is 5.02 Å². The fourth-order valence-electron chi connectivity index (χ4n) is 2.07. The number of benzene rings is 2. The molecular weight excluding hydrogens is 288 g/mol. The number of amides is 1. The largest absolute Gasteiger partial charge is 0.443 e. The molecule has 0 radical (unpaired) electrons. The Kier molecular flexibility index (Phi) is 3.88. The fraction of sp³-hybridized carbons (Fsp3) is 0.125. The first-order valence-corrected chi connectivity index (χ1v) is 6.96. The Morgan fingerprint density at radius 3 is 2.81 bits per heavy atom. The van der Waals surface area contributed by atoms with Crippen LogP contribution in [0.3, 0.4) is 0 Å². The zero-order valence-corrected chi connectivity index (χ0v) is 11.9. The van der Waals surface area contributed by atoms with Crippen molar-refractivity contribution in [3.63, 3.8) is 0 Å². The fourth-order valence-corrected chi connectivity index (χ4v) is 2.20. The number of carbonyl (C=O) groups excluding carboxylic acids is 1. The highest BCUT2D eigenvalue weighted by Gasteiger charge is 2.07. The van der Waals surface area contributed by atoms with E-state index in [2.05, 4.69) is 10.3 Å². The smallest absolute Gasteiger partial charge is 0.251 e. The van der Waals surface area contributed by atoms with Gasteiger partial charge in [-0.1, -0.05) is 23.7 Å². The van der Waals surface area contributed by atoms with E-state index in [0.717, 1.165) is 17.5 Å². The Labute approximate surface area is 126 Å². The van der Waals surface area contributed by atoms with E-state index in [0.29, 0.717) is 22.7 Å². The van der Waals surface area contributed by atoms with Gasteiger partial charge in [0.1, 0.15) is 5.52 Å². The van der Waals surface area contributed by atoms with E-state index < -0.39 is 0 Å². The van der Waals surface area contributed by atoms with Crippen LogP contribution in [0.25, 0.3) is 11.1 Å². The third-order valence-electron chi connectivity index (χ3n) is 3.21. The van der Waals surface area contributed by atoms with Crippen molar-refractivity contribution in [2.45, 2.75) is 6.42 Å². The van der Waals surface area contributed by atoms with E-state index in [4.69, 9.17) is 16.0 Å². The molecule has 0 unspecified atom stereocenters. The van der Waals surface area contributed by atoms with E-state index in [1.165, 1.54) is 6.39 Å². The quantitative estimate of drug-likeness (QED) is 0.803. The van der Waals surface area contributed by atoms with Gasteiger partial charge in [0, 0.05) is 17.1 Å². The number of rotatable bonds is 4. The SMILES string of the molecule is O=C(NCCc1ccc(Cl)cc1)c1ccc2ncoc2c1. The summed E-state index contributed by atoms with van der Waals surface area (Å²) in [5.74, 6) is -0.123. The lowest BCUT2D eigenvalue weighted by molar-refractivity contribution is 0.0954. The number of hydrogen-bond donors (Lipinski definition) is 1. The van der Waals surface area contributed by atoms with Crippen molar-refractivity contribution in [3.8, 4) is 0 Å². The van der Waals surface area contributed by atoms with Crippen LogP contribution >= 0.6 is 11.6 Å². The van der Waals surface area contributed by atoms with Crippen LogP contribution in [0.15, 0.2) is 53.3 Å². The second kappa shape index (κ2) is 5.97. The van der Waals surface area contributed by atoms with Gasteiger partial charge in [-0.25, -0.2) is 4.98 Å². The maximum atomic E-state index is 12.1. The van der Waals surface area contributed by atoms with E-state index in [9.17, 15) is 4.79 Å². The molecule has 0 aliphatic rings. The molecular formula is C16H13ClN2O2. The first kappa shape index (κ1) is 13.6. The molecule has 0 aliphatic carbocycles. The lowest BCUT2D eigenvalue weighted by Crippen LogP contribution is -2.25. The summed E-state index contributed by atoms with van der Waals surface area (Å²) in [7, 11) is 0. The number of carbonyl (C=O) groups is 1. The normalized spacial score (nSPS) is 10.7. The first-order chi connectivity index (χ1) is 10.2. The lowest BCUT2D eigenvalue weighted by atomic mass is 10.1. The van der Waals surface area contributed by atoms with E-state index >= 15 is 0 Å². The summed E-state index contributed by atoms with van der Waals surface area (Å²) in [5, 5.41) is 3.60. The predicted octanol–water partition coefficient (Wildman–Crippen LogP) is 3.45. The second-order valence-electron chi connectivity index (χ2n) is 4.67. The third-order valence-corrected chi connectivity index (χ3v) is 3.46. The van der Waals surface area contributed by atoms with Gasteiger partial charge in [0.2, 0.25) is 0 Å². The van der Waals surface area contributed by atoms with Gasteiger partial charge >= 0.3 is 0 Å². The number of nitrogens with one attached hydrogen (secondary N) is 1. The number of halogens is 1. The molecule has 1 heterocycles. The first-order valence-electron chi connectivity index (χ1n) is 6.58. The summed E-state index contributed by atoms with van der Waals surface area (Å²) in [6.07, 6.45) is 2.13. The number of aromatic nitrogens is 1. The molecule has 0 fully saturated rings. The summed E-state index contributed by atoms with van der Waals surface area (Å²) < 4.78 is 5.19. The van der Waals surface area contributed by atoms with Gasteiger partial charge < -0.3 is 9.73 Å². The molecule has 0 aliphatic heterocycles. The third kappa shape index (κ3) is 3.23. The van der Waals surface area contributed by atoms with Gasteiger partial charge in [0.25, 0.3) is 5.91 Å². The van der Waals surface area contributed by atoms with Crippen LogP contribution in [0.1, 0.15) is 15.9 Å². The Morgan fingerprint density at radius 2 is 2.00 bits per heavy atom. The predicted molar refractivity (Wildman–Crippen MR) is 81.5 cm³/mol. The Balaban J connectivity index is 1.59. The standard InChI is InChI=1S/C16H13ClN2O2/c17-13-4-1-11(2-5-13)7-8-18-16(20)12-3-6-14-15(9-12)21-10-19-14/h1-6,9-10H,7-8H2,(H,18,20). The molecule has 0 bridgehead atoms. The van der Waals surface area contributed by atoms with Gasteiger partial charge in [0.05, 0.1) is 0 Å². The number of nitrogens with zero attached hydrogens (tertiary/aromatic N) is 1. The van der Waals surface area contributed by atoms with Crippen molar-refractivity contribution in [1.29, 1.82) is 0 Å². The van der Waals surface area contributed by atoms with Crippen molar-refractivity contribution in [2.75, 3.05) is 6.54 Å². The summed E-state index contributed by atoms with van der Waals surface area (Å²) >= 11 is 5.83. The van der Waals surface area contributed by atoms with Crippen LogP contribution < -0.4 is 5.32 Å². The van der Waals surface area contributed by atoms with Crippen LogP contribution in [0, 0.1) is 0 Å². The molecule has 2 aromatic carbocycles. The summed E-state index contributed by atoms with van der Waals surface area (Å²) in [6.45, 7) is 0.564. The summed E-state index contributed by atoms with van der Waals surface area (Å²) in [5.41, 5.74) is 3.05. The number of fused-ring (bicyclic) bond motifs is 1. The molecule has 4 nitrogen and oxygen atoms in total. The number of oxazole rings is 1. The minimum absolute atomic E-state index is 0.123. The van der Waals surface area contributed by atoms with Crippen molar-refractivity contribution in [3.05, 3.63) is 65.0 Å². The molecule has 21 heavy (non-hydrogen) atoms. The highest BCUT2D eigenvalue weighted by molar-refractivity contribution is 6.30. The Hall–Kier alpha value is -2.33. The summed E-state index contributed by atoms with van der Waals surface area (Å²) in [4.78, 5) is 16.1. The van der Waals surface area contributed by atoms with E-state index in [-0.39, 0.29) is 5.91 Å². The topological polar surface area (TPSA) is 55.1 Å². The Morgan fingerprint density at radius 1 is 1.19 bits per heavy atom. The zero-order chi connectivity index (χ0) is 14.7. The second-order valence-corrected chi connectivity index (χ2v) is 5.10. The highest BCUT2D eigenvalue weighted by atomic mass is 35.5. The summed E-state index contributed by atoms with van der Waals surface area (Å²) in [6, 6.07) is 12.8. The van der Waals surface area contributed by atoms with Crippen molar-refractivity contribution in [1.82, 2.24) is 10.3 Å². The maximum Gasteiger partial charge on any atom is 0.251 e. The molecule has 106 valence electrons. The van der Waals surface area contributed by atoms with Gasteiger partial charge in [-0.2, -0.15) is 0 Å². The van der Waals surface area contributed by atoms with Gasteiger partial charge in [-0.05, 0) is 42.3 Å². The van der Waals surface area contributed by atoms with Gasteiger partial charge in [-0.15, -0.1) is 0 Å². The minimum Gasteiger partial charge on any atom is -0.443 e.